The second-order valence-electron chi connectivity index (χ2n) is 1.84. The van der Waals surface area contributed by atoms with Crippen LogP contribution in [0.3, 0.4) is 0 Å². The molecule has 0 aliphatic carbocycles. The minimum Gasteiger partial charge on any atom is -0.550 e. The molecule has 12 heavy (non-hydrogen) atoms. The molecule has 0 heterocycles. The zero-order valence-electron chi connectivity index (χ0n) is 7.20. The largest absolute Gasteiger partial charge is 1.00 e. The first-order chi connectivity index (χ1) is 4.54. The van der Waals surface area contributed by atoms with Crippen LogP contribution in [-0.4, -0.2) is 18.0 Å². The predicted octanol–water partition coefficient (Wildman–Crippen LogP) is -9.40. The van der Waals surface area contributed by atoms with E-state index in [-0.39, 0.29) is 50.6 Å². The van der Waals surface area contributed by atoms with Crippen molar-refractivity contribution in [1.82, 2.24) is 0 Å². The van der Waals surface area contributed by atoms with Crippen molar-refractivity contribution >= 4 is 11.9 Å². The number of carboxylic acid groups (broad SMARTS) is 2. The van der Waals surface area contributed by atoms with Gasteiger partial charge in [-0.3, -0.25) is 0 Å². The summed E-state index contributed by atoms with van der Waals surface area (Å²) >= 11 is 0. The van der Waals surface area contributed by atoms with Gasteiger partial charge in [0.2, 0.25) is 0 Å². The standard InChI is InChI=1S/C5H9NO4.2Li/c6-3(5(9)10)1-2-4(7)8;;/h3H,1-2,6H2,(H,7,8)(H,9,10);;/q;2*+1/p-2. The molecule has 0 amide bonds. The molecule has 58 valence electrons. The van der Waals surface area contributed by atoms with Crippen LogP contribution in [0.5, 0.6) is 0 Å². The van der Waals surface area contributed by atoms with Crippen LogP contribution in [0.1, 0.15) is 12.8 Å². The van der Waals surface area contributed by atoms with E-state index in [0.29, 0.717) is 0 Å². The summed E-state index contributed by atoms with van der Waals surface area (Å²) in [7, 11) is 0. The third-order valence-electron chi connectivity index (χ3n) is 0.962. The number of hydrogen-bond donors (Lipinski definition) is 1. The maximum atomic E-state index is 9.86. The molecule has 0 aliphatic heterocycles. The smallest absolute Gasteiger partial charge is 0.550 e. The van der Waals surface area contributed by atoms with Crippen LogP contribution in [0.4, 0.5) is 0 Å². The fourth-order valence-electron chi connectivity index (χ4n) is 0.391. The fraction of sp³-hybridized carbons (Fsp3) is 0.600. The number of aliphatic carboxylic acids is 2. The molecular formula is C5H7Li2NO4. The van der Waals surface area contributed by atoms with E-state index in [1.54, 1.807) is 0 Å². The van der Waals surface area contributed by atoms with Crippen molar-refractivity contribution in [1.29, 1.82) is 0 Å². The second kappa shape index (κ2) is 9.18. The van der Waals surface area contributed by atoms with Crippen LogP contribution in [-0.2, 0) is 9.59 Å². The maximum Gasteiger partial charge on any atom is 1.00 e. The molecule has 5 nitrogen and oxygen atoms in total. The quantitative estimate of drug-likeness (QED) is 0.410. The first-order valence-corrected chi connectivity index (χ1v) is 2.70. The average Bonchev–Trinajstić information content (AvgIpc) is 1.82. The van der Waals surface area contributed by atoms with Crippen LogP contribution in [0, 0.1) is 0 Å². The van der Waals surface area contributed by atoms with Crippen LogP contribution < -0.4 is 53.7 Å². The average molecular weight is 159 g/mol. The van der Waals surface area contributed by atoms with Crippen LogP contribution in [0.15, 0.2) is 0 Å². The van der Waals surface area contributed by atoms with Gasteiger partial charge in [0.25, 0.3) is 0 Å². The number of carbonyl (C=O) groups is 2. The summed E-state index contributed by atoms with van der Waals surface area (Å²) < 4.78 is 0. The molecule has 0 aromatic carbocycles. The number of rotatable bonds is 4. The Hall–Kier alpha value is 0.0948. The Labute approximate surface area is 94.0 Å². The van der Waals surface area contributed by atoms with Gasteiger partial charge in [-0.05, 0) is 12.8 Å². The number of hydrogen-bond acceptors (Lipinski definition) is 5. The van der Waals surface area contributed by atoms with Crippen LogP contribution in [0.25, 0.3) is 0 Å². The molecule has 0 aromatic rings. The molecular weight excluding hydrogens is 152 g/mol. The number of carbonyl (C=O) groups excluding carboxylic acids is 2. The Balaban J connectivity index is -0.000000405. The van der Waals surface area contributed by atoms with E-state index in [9.17, 15) is 19.8 Å². The van der Waals surface area contributed by atoms with Crippen molar-refractivity contribution in [3.05, 3.63) is 0 Å². The molecule has 0 spiro atoms. The van der Waals surface area contributed by atoms with Gasteiger partial charge in [0.1, 0.15) is 0 Å². The van der Waals surface area contributed by atoms with Gasteiger partial charge in [-0.1, -0.05) is 0 Å². The van der Waals surface area contributed by atoms with Gasteiger partial charge < -0.3 is 25.5 Å². The SMILES string of the molecule is NC(CCC(=O)[O-])C(=O)[O-].[Li+].[Li+]. The Morgan fingerprint density at radius 2 is 1.67 bits per heavy atom. The Bertz CT molecular complexity index is 152. The van der Waals surface area contributed by atoms with Crippen LogP contribution >= 0.6 is 0 Å². The molecule has 2 N–H and O–H groups in total. The molecule has 1 unspecified atom stereocenters. The summed E-state index contributed by atoms with van der Waals surface area (Å²) in [6.07, 6.45) is -0.500. The van der Waals surface area contributed by atoms with Gasteiger partial charge in [0.05, 0.1) is 5.97 Å². The van der Waals surface area contributed by atoms with E-state index in [0.717, 1.165) is 0 Å². The summed E-state index contributed by atoms with van der Waals surface area (Å²) in [4.78, 5) is 19.6. The van der Waals surface area contributed by atoms with Crippen LogP contribution in [0.2, 0.25) is 0 Å². The van der Waals surface area contributed by atoms with Gasteiger partial charge in [0.15, 0.2) is 0 Å². The molecule has 0 aromatic heterocycles. The molecule has 1 atom stereocenters. The first kappa shape index (κ1) is 18.0. The van der Waals surface area contributed by atoms with E-state index in [1.807, 2.05) is 0 Å². The summed E-state index contributed by atoms with van der Waals surface area (Å²) in [5, 5.41) is 19.6. The zero-order chi connectivity index (χ0) is 8.15. The Morgan fingerprint density at radius 1 is 1.25 bits per heavy atom. The third kappa shape index (κ3) is 10.1. The fourth-order valence-corrected chi connectivity index (χ4v) is 0.391. The minimum atomic E-state index is -1.44. The van der Waals surface area contributed by atoms with E-state index < -0.39 is 18.0 Å². The topological polar surface area (TPSA) is 106 Å². The van der Waals surface area contributed by atoms with E-state index in [2.05, 4.69) is 0 Å². The van der Waals surface area contributed by atoms with Crippen molar-refractivity contribution < 1.29 is 57.5 Å². The van der Waals surface area contributed by atoms with E-state index in [1.165, 1.54) is 0 Å². The summed E-state index contributed by atoms with van der Waals surface area (Å²) in [5.74, 6) is -2.75. The summed E-state index contributed by atoms with van der Waals surface area (Å²) in [6, 6.07) is -1.21. The van der Waals surface area contributed by atoms with Crippen molar-refractivity contribution in [2.24, 2.45) is 5.73 Å². The molecule has 0 bridgehead atoms. The molecule has 0 saturated carbocycles. The van der Waals surface area contributed by atoms with Gasteiger partial charge in [-0.15, -0.1) is 0 Å². The predicted molar refractivity (Wildman–Crippen MR) is 27.2 cm³/mol. The molecule has 0 saturated heterocycles. The monoisotopic (exact) mass is 159 g/mol. The number of carboxylic acids is 2. The van der Waals surface area contributed by atoms with Gasteiger partial charge in [0, 0.05) is 12.0 Å². The summed E-state index contributed by atoms with van der Waals surface area (Å²) in [6.45, 7) is 0. The van der Waals surface area contributed by atoms with Gasteiger partial charge in [-0.2, -0.15) is 0 Å². The normalized spacial score (nSPS) is 10.4. The number of nitrogens with two attached hydrogens (primary N) is 1. The molecule has 7 heteroatoms. The maximum absolute atomic E-state index is 9.86. The Morgan fingerprint density at radius 3 is 1.92 bits per heavy atom. The van der Waals surface area contributed by atoms with E-state index in [4.69, 9.17) is 5.73 Å². The first-order valence-electron chi connectivity index (χ1n) is 2.70. The van der Waals surface area contributed by atoms with Crippen molar-refractivity contribution in [3.63, 3.8) is 0 Å². The van der Waals surface area contributed by atoms with Crippen molar-refractivity contribution in [3.8, 4) is 0 Å². The third-order valence-corrected chi connectivity index (χ3v) is 0.962. The zero-order valence-corrected chi connectivity index (χ0v) is 7.20. The van der Waals surface area contributed by atoms with Gasteiger partial charge in [-0.25, -0.2) is 0 Å². The summed E-state index contributed by atoms with van der Waals surface area (Å²) in [5.41, 5.74) is 4.91. The molecule has 0 rings (SSSR count). The van der Waals surface area contributed by atoms with E-state index >= 15 is 0 Å². The molecule has 0 fully saturated rings. The second-order valence-corrected chi connectivity index (χ2v) is 1.84. The Kier molecular flexibility index (Phi) is 13.8. The van der Waals surface area contributed by atoms with Crippen molar-refractivity contribution in [2.75, 3.05) is 0 Å². The molecule has 0 radical (unpaired) electrons. The van der Waals surface area contributed by atoms with Crippen molar-refractivity contribution in [2.45, 2.75) is 18.9 Å². The van der Waals surface area contributed by atoms with Gasteiger partial charge >= 0.3 is 37.7 Å². The minimum absolute atomic E-state index is 0. The molecule has 0 aliphatic rings.